The highest BCUT2D eigenvalue weighted by molar-refractivity contribution is 9.09. The van der Waals surface area contributed by atoms with Gasteiger partial charge in [0.15, 0.2) is 0 Å². The lowest BCUT2D eigenvalue weighted by atomic mass is 10.0. The van der Waals surface area contributed by atoms with Crippen LogP contribution in [0.1, 0.15) is 23.2 Å². The second-order valence-electron chi connectivity index (χ2n) is 3.96. The van der Waals surface area contributed by atoms with Crippen molar-refractivity contribution in [2.75, 3.05) is 13.7 Å². The van der Waals surface area contributed by atoms with Gasteiger partial charge in [0.1, 0.15) is 17.4 Å². The molecule has 2 atom stereocenters. The van der Waals surface area contributed by atoms with Gasteiger partial charge >= 0.3 is 0 Å². The van der Waals surface area contributed by atoms with Gasteiger partial charge in [-0.1, -0.05) is 15.9 Å². The van der Waals surface area contributed by atoms with Crippen LogP contribution in [0.15, 0.2) is 12.1 Å². The van der Waals surface area contributed by atoms with Crippen LogP contribution in [0, 0.1) is 11.6 Å². The van der Waals surface area contributed by atoms with Crippen molar-refractivity contribution in [3.05, 3.63) is 29.3 Å². The largest absolute Gasteiger partial charge is 0.497 e. The Balaban J connectivity index is 2.30. The van der Waals surface area contributed by atoms with E-state index in [2.05, 4.69) is 15.9 Å². The van der Waals surface area contributed by atoms with E-state index in [4.69, 9.17) is 9.47 Å². The van der Waals surface area contributed by atoms with Gasteiger partial charge in [-0.05, 0) is 12.8 Å². The molecule has 1 saturated heterocycles. The number of hydrogen-bond acceptors (Lipinski definition) is 2. The predicted octanol–water partition coefficient (Wildman–Crippen LogP) is 3.59. The Bertz CT molecular complexity index is 382. The monoisotopic (exact) mass is 306 g/mol. The summed E-state index contributed by atoms with van der Waals surface area (Å²) in [6, 6.07) is 2.36. The van der Waals surface area contributed by atoms with Gasteiger partial charge in [0, 0.05) is 24.3 Å². The first-order valence-electron chi connectivity index (χ1n) is 5.42. The number of hydrogen-bond donors (Lipinski definition) is 0. The molecule has 0 N–H and O–H groups in total. The van der Waals surface area contributed by atoms with Crippen molar-refractivity contribution in [3.8, 4) is 5.75 Å². The van der Waals surface area contributed by atoms with E-state index in [-0.39, 0.29) is 17.4 Å². The molecule has 0 bridgehead atoms. The van der Waals surface area contributed by atoms with Crippen LogP contribution < -0.4 is 4.74 Å². The Kier molecular flexibility index (Phi) is 3.99. The highest BCUT2D eigenvalue weighted by Crippen LogP contribution is 2.37. The molecule has 0 aromatic heterocycles. The summed E-state index contributed by atoms with van der Waals surface area (Å²) in [6.07, 6.45) is 1.56. The first kappa shape index (κ1) is 12.8. The molecule has 17 heavy (non-hydrogen) atoms. The number of halogens is 3. The molecule has 1 aromatic carbocycles. The fraction of sp³-hybridized carbons (Fsp3) is 0.500. The fourth-order valence-electron chi connectivity index (χ4n) is 1.96. The van der Waals surface area contributed by atoms with E-state index in [1.807, 2.05) is 0 Å². The summed E-state index contributed by atoms with van der Waals surface area (Å²) >= 11 is 3.32. The zero-order valence-electron chi connectivity index (χ0n) is 9.38. The van der Waals surface area contributed by atoms with Gasteiger partial charge in [0.05, 0.1) is 18.0 Å². The standard InChI is InChI=1S/C12H13BrF2O2/c1-16-7-5-8(14)11(9(15)6-7)12(13)10-3-2-4-17-10/h5-6,10,12H,2-4H2,1H3. The molecule has 1 heterocycles. The van der Waals surface area contributed by atoms with E-state index in [0.29, 0.717) is 6.61 Å². The van der Waals surface area contributed by atoms with Crippen LogP contribution in [-0.4, -0.2) is 19.8 Å². The molecule has 2 nitrogen and oxygen atoms in total. The second-order valence-corrected chi connectivity index (χ2v) is 4.94. The average Bonchev–Trinajstić information content (AvgIpc) is 2.81. The molecule has 1 aliphatic rings. The zero-order valence-corrected chi connectivity index (χ0v) is 11.0. The molecule has 94 valence electrons. The molecular weight excluding hydrogens is 294 g/mol. The molecule has 1 fully saturated rings. The van der Waals surface area contributed by atoms with Gasteiger partial charge in [-0.15, -0.1) is 0 Å². The maximum absolute atomic E-state index is 13.8. The molecule has 0 spiro atoms. The highest BCUT2D eigenvalue weighted by atomic mass is 79.9. The summed E-state index contributed by atoms with van der Waals surface area (Å²) in [5.41, 5.74) is 0.0118. The number of methoxy groups -OCH3 is 1. The fourth-order valence-corrected chi connectivity index (χ4v) is 2.82. The lowest BCUT2D eigenvalue weighted by Gasteiger charge is -2.18. The van der Waals surface area contributed by atoms with E-state index in [9.17, 15) is 8.78 Å². The summed E-state index contributed by atoms with van der Waals surface area (Å²) < 4.78 is 37.8. The Morgan fingerprint density at radius 3 is 2.53 bits per heavy atom. The maximum Gasteiger partial charge on any atom is 0.134 e. The van der Waals surface area contributed by atoms with Crippen LogP contribution in [0.25, 0.3) is 0 Å². The van der Waals surface area contributed by atoms with E-state index >= 15 is 0 Å². The van der Waals surface area contributed by atoms with Crippen LogP contribution in [0.5, 0.6) is 5.75 Å². The first-order valence-corrected chi connectivity index (χ1v) is 6.33. The lowest BCUT2D eigenvalue weighted by molar-refractivity contribution is 0.109. The first-order chi connectivity index (χ1) is 8.13. The van der Waals surface area contributed by atoms with E-state index in [1.165, 1.54) is 19.2 Å². The highest BCUT2D eigenvalue weighted by Gasteiger charge is 2.29. The SMILES string of the molecule is COc1cc(F)c(C(Br)C2CCCO2)c(F)c1. The second kappa shape index (κ2) is 5.31. The van der Waals surface area contributed by atoms with Crippen molar-refractivity contribution in [2.45, 2.75) is 23.8 Å². The van der Waals surface area contributed by atoms with Crippen molar-refractivity contribution in [2.24, 2.45) is 0 Å². The van der Waals surface area contributed by atoms with Gasteiger partial charge in [-0.3, -0.25) is 0 Å². The van der Waals surface area contributed by atoms with Crippen LogP contribution >= 0.6 is 15.9 Å². The summed E-state index contributed by atoms with van der Waals surface area (Å²) in [5, 5.41) is 0. The van der Waals surface area contributed by atoms with Crippen molar-refractivity contribution < 1.29 is 18.3 Å². The normalized spacial score (nSPS) is 21.5. The van der Waals surface area contributed by atoms with Gasteiger partial charge in [-0.25, -0.2) is 8.78 Å². The molecule has 0 aliphatic carbocycles. The van der Waals surface area contributed by atoms with E-state index in [1.54, 1.807) is 0 Å². The van der Waals surface area contributed by atoms with Gasteiger partial charge in [0.25, 0.3) is 0 Å². The Labute approximate surface area is 107 Å². The summed E-state index contributed by atoms with van der Waals surface area (Å²) in [7, 11) is 1.37. The van der Waals surface area contributed by atoms with E-state index < -0.39 is 16.5 Å². The number of ether oxygens (including phenoxy) is 2. The minimum atomic E-state index is -0.612. The van der Waals surface area contributed by atoms with E-state index in [0.717, 1.165) is 12.8 Å². The van der Waals surface area contributed by atoms with Crippen LogP contribution in [0.3, 0.4) is 0 Å². The molecule has 2 rings (SSSR count). The van der Waals surface area contributed by atoms with Crippen molar-refractivity contribution in [1.29, 1.82) is 0 Å². The van der Waals surface area contributed by atoms with Crippen LogP contribution in [0.4, 0.5) is 8.78 Å². The van der Waals surface area contributed by atoms with Crippen molar-refractivity contribution in [3.63, 3.8) is 0 Å². The van der Waals surface area contributed by atoms with Crippen LogP contribution in [-0.2, 0) is 4.74 Å². The number of rotatable bonds is 3. The van der Waals surface area contributed by atoms with Crippen molar-refractivity contribution >= 4 is 15.9 Å². The quantitative estimate of drug-likeness (QED) is 0.795. The molecule has 5 heteroatoms. The molecular formula is C12H13BrF2O2. The molecule has 2 unspecified atom stereocenters. The van der Waals surface area contributed by atoms with Gasteiger partial charge in [-0.2, -0.15) is 0 Å². The Morgan fingerprint density at radius 1 is 1.41 bits per heavy atom. The number of alkyl halides is 1. The Morgan fingerprint density at radius 2 is 2.06 bits per heavy atom. The smallest absolute Gasteiger partial charge is 0.134 e. The van der Waals surface area contributed by atoms with Gasteiger partial charge in [0.2, 0.25) is 0 Å². The number of benzene rings is 1. The molecule has 0 radical (unpaired) electrons. The molecule has 0 saturated carbocycles. The van der Waals surface area contributed by atoms with Crippen molar-refractivity contribution in [1.82, 2.24) is 0 Å². The van der Waals surface area contributed by atoms with Gasteiger partial charge < -0.3 is 9.47 Å². The third kappa shape index (κ3) is 2.60. The summed E-state index contributed by atoms with van der Waals surface area (Å²) in [5.74, 6) is -1.05. The third-order valence-corrected chi connectivity index (χ3v) is 3.90. The minimum Gasteiger partial charge on any atom is -0.497 e. The average molecular weight is 307 g/mol. The van der Waals surface area contributed by atoms with Crippen LogP contribution in [0.2, 0.25) is 0 Å². The predicted molar refractivity (Wildman–Crippen MR) is 63.6 cm³/mol. The maximum atomic E-state index is 13.8. The summed E-state index contributed by atoms with van der Waals surface area (Å²) in [6.45, 7) is 0.645. The minimum absolute atomic E-state index is 0.0118. The Hall–Kier alpha value is -0.680. The topological polar surface area (TPSA) is 18.5 Å². The third-order valence-electron chi connectivity index (χ3n) is 2.86. The summed E-state index contributed by atoms with van der Waals surface area (Å²) in [4.78, 5) is -0.462. The molecule has 1 aliphatic heterocycles. The molecule has 0 amide bonds. The lowest BCUT2D eigenvalue weighted by Crippen LogP contribution is -2.15. The zero-order chi connectivity index (χ0) is 12.4. The molecule has 1 aromatic rings.